The Balaban J connectivity index is 0.000000585. The van der Waals surface area contributed by atoms with Crippen LogP contribution in [0.15, 0.2) is 0 Å². The summed E-state index contributed by atoms with van der Waals surface area (Å²) in [6, 6.07) is 0. The highest BCUT2D eigenvalue weighted by atomic mass is 19.4. The zero-order valence-electron chi connectivity index (χ0n) is 14.7. The lowest BCUT2D eigenvalue weighted by Crippen LogP contribution is -2.38. The van der Waals surface area contributed by atoms with Crippen molar-refractivity contribution in [3.8, 4) is 0 Å². The van der Waals surface area contributed by atoms with Gasteiger partial charge in [-0.15, -0.1) is 0 Å². The highest BCUT2D eigenvalue weighted by Gasteiger charge is 2.38. The third-order valence-electron chi connectivity index (χ3n) is 0.806. The average Bonchev–Trinajstić information content (AvgIpc) is 2.24. The third kappa shape index (κ3) is 7.06. The Morgan fingerprint density at radius 2 is 1.93 bits per heavy atom. The van der Waals surface area contributed by atoms with E-state index >= 15 is 0 Å². The molecular weight excluding hydrogens is 225 g/mol. The number of carboxylic acid groups (broad SMARTS) is 1. The summed E-state index contributed by atoms with van der Waals surface area (Å²) in [6.07, 6.45) is -12.6. The van der Waals surface area contributed by atoms with Crippen molar-refractivity contribution in [2.45, 2.75) is 24.8 Å². The maximum Gasteiger partial charge on any atom is 0.490 e. The molecule has 0 unspecified atom stereocenters. The van der Waals surface area contributed by atoms with Gasteiger partial charge in [-0.3, -0.25) is 0 Å². The molecule has 8 heteroatoms. The third-order valence-corrected chi connectivity index (χ3v) is 0.806. The van der Waals surface area contributed by atoms with Gasteiger partial charge >= 0.3 is 12.1 Å². The van der Waals surface area contributed by atoms with Gasteiger partial charge < -0.3 is 10.4 Å². The Kier molecular flexibility index (Phi) is 1.89. The van der Waals surface area contributed by atoms with Crippen LogP contribution in [0.5, 0.6) is 0 Å². The molecule has 2 N–H and O–H groups in total. The van der Waals surface area contributed by atoms with E-state index in [1.54, 1.807) is 0 Å². The molecule has 0 aliphatic carbocycles. The number of hydrogen-bond donors (Lipinski definition) is 2. The molecule has 0 aromatic rings. The minimum atomic E-state index is -5.08. The normalized spacial score (nSPS) is 41.4. The maximum absolute atomic E-state index is 13.4. The van der Waals surface area contributed by atoms with Gasteiger partial charge in [0.25, 0.3) is 5.92 Å². The fourth-order valence-corrected chi connectivity index (χ4v) is 0.282. The van der Waals surface area contributed by atoms with E-state index < -0.39 is 43.8 Å². The minimum absolute atomic E-state index is 1.17. The summed E-state index contributed by atoms with van der Waals surface area (Å²) >= 11 is 0. The smallest absolute Gasteiger partial charge is 0.475 e. The molecule has 1 aliphatic heterocycles. The predicted molar refractivity (Wildman–Crippen MR) is 40.7 cm³/mol. The molecule has 1 rings (SSSR count). The summed E-state index contributed by atoms with van der Waals surface area (Å²) in [4.78, 5) is 8.90. The first-order valence-corrected chi connectivity index (χ1v) is 3.12. The zero-order valence-corrected chi connectivity index (χ0v) is 6.75. The van der Waals surface area contributed by atoms with E-state index in [4.69, 9.17) is 20.9 Å². The molecule has 1 fully saturated rings. The van der Waals surface area contributed by atoms with Crippen molar-refractivity contribution in [2.75, 3.05) is 13.0 Å². The highest BCUT2D eigenvalue weighted by Crippen LogP contribution is 2.21. The molecule has 90 valence electrons. The van der Waals surface area contributed by atoms with Crippen LogP contribution in [0.3, 0.4) is 0 Å². The van der Waals surface area contributed by atoms with Crippen molar-refractivity contribution in [1.29, 1.82) is 0 Å². The topological polar surface area (TPSA) is 49.3 Å². The van der Waals surface area contributed by atoms with E-state index in [9.17, 15) is 22.0 Å². The number of nitrogens with one attached hydrogen (secondary N) is 1. The van der Waals surface area contributed by atoms with Gasteiger partial charge in [-0.2, -0.15) is 13.2 Å². The SMILES string of the molecule is O=C(O)C(F)(F)F.[2H]C1([2H])NC([2H])([2H])C(F)(F)C([2H])([2H])C1([2H])[2H]. The molecule has 0 spiro atoms. The zero-order chi connectivity index (χ0) is 19.3. The van der Waals surface area contributed by atoms with Gasteiger partial charge in [0.15, 0.2) is 0 Å². The molecule has 0 amide bonds. The second-order valence-electron chi connectivity index (χ2n) is 2.00. The maximum atomic E-state index is 13.4. The summed E-state index contributed by atoms with van der Waals surface area (Å²) in [7, 11) is 0. The number of aliphatic carboxylic acids is 1. The Hall–Kier alpha value is -0.920. The molecule has 0 saturated carbocycles. The summed E-state index contributed by atoms with van der Waals surface area (Å²) in [5.41, 5.74) is 0. The number of hydrogen-bond acceptors (Lipinski definition) is 2. The van der Waals surface area contributed by atoms with Crippen molar-refractivity contribution in [2.24, 2.45) is 0 Å². The molecule has 15 heavy (non-hydrogen) atoms. The highest BCUT2D eigenvalue weighted by molar-refractivity contribution is 5.73. The summed E-state index contributed by atoms with van der Waals surface area (Å²) in [5, 5.41) is 8.29. The first-order chi connectivity index (χ1) is 9.65. The lowest BCUT2D eigenvalue weighted by atomic mass is 10.1. The van der Waals surface area contributed by atoms with Crippen LogP contribution in [0, 0.1) is 0 Å². The molecule has 1 saturated heterocycles. The second-order valence-corrected chi connectivity index (χ2v) is 2.00. The molecule has 3 nitrogen and oxygen atoms in total. The van der Waals surface area contributed by atoms with Crippen molar-refractivity contribution < 1.29 is 42.8 Å². The van der Waals surface area contributed by atoms with Crippen LogP contribution in [-0.4, -0.2) is 36.2 Å². The van der Waals surface area contributed by atoms with Crippen LogP contribution in [0.4, 0.5) is 22.0 Å². The molecule has 0 aromatic heterocycles. The van der Waals surface area contributed by atoms with Gasteiger partial charge in [0.05, 0.1) is 6.50 Å². The van der Waals surface area contributed by atoms with E-state index in [0.717, 1.165) is 0 Å². The van der Waals surface area contributed by atoms with Crippen LogP contribution < -0.4 is 5.32 Å². The standard InChI is InChI=1S/C5H9F2N.C2HF3O2/c6-5(7)2-1-3-8-4-5;3-2(4,5)1(6)7/h8H,1-4H2;(H,6,7)/i1D2,2D2,3D2,4D2;. The second kappa shape index (κ2) is 5.24. The predicted octanol–water partition coefficient (Wildman–Crippen LogP) is 1.64. The molecule has 0 aromatic carbocycles. The largest absolute Gasteiger partial charge is 0.490 e. The van der Waals surface area contributed by atoms with Gasteiger partial charge in [0.1, 0.15) is 0 Å². The monoisotopic (exact) mass is 243 g/mol. The van der Waals surface area contributed by atoms with Gasteiger partial charge in [0.2, 0.25) is 0 Å². The van der Waals surface area contributed by atoms with Crippen molar-refractivity contribution >= 4 is 5.97 Å². The Bertz CT molecular complexity index is 452. The first kappa shape index (κ1) is 5.42. The Morgan fingerprint density at radius 3 is 2.33 bits per heavy atom. The summed E-state index contributed by atoms with van der Waals surface area (Å²) in [6.45, 7) is -6.92. The van der Waals surface area contributed by atoms with Crippen LogP contribution in [0.1, 0.15) is 23.7 Å². The summed E-state index contributed by atoms with van der Waals surface area (Å²) < 4.78 is 114. The van der Waals surface area contributed by atoms with E-state index in [0.29, 0.717) is 0 Å². The Labute approximate surface area is 93.5 Å². The van der Waals surface area contributed by atoms with E-state index in [-0.39, 0.29) is 0 Å². The fraction of sp³-hybridized carbons (Fsp3) is 0.857. The van der Waals surface area contributed by atoms with Crippen molar-refractivity contribution in [3.63, 3.8) is 0 Å². The van der Waals surface area contributed by atoms with Gasteiger partial charge in [0, 0.05) is 17.3 Å². The lowest BCUT2D eigenvalue weighted by Gasteiger charge is -2.21. The molecule has 1 aliphatic rings. The van der Waals surface area contributed by atoms with Crippen LogP contribution in [0.2, 0.25) is 0 Å². The van der Waals surface area contributed by atoms with E-state index in [2.05, 4.69) is 0 Å². The molecule has 0 bridgehead atoms. The van der Waals surface area contributed by atoms with E-state index in [1.165, 1.54) is 5.32 Å². The molecule has 0 radical (unpaired) electrons. The van der Waals surface area contributed by atoms with Crippen LogP contribution >= 0.6 is 0 Å². The average molecular weight is 243 g/mol. The Morgan fingerprint density at radius 1 is 1.47 bits per heavy atom. The first-order valence-electron chi connectivity index (χ1n) is 7.12. The van der Waals surface area contributed by atoms with Crippen molar-refractivity contribution in [1.82, 2.24) is 5.32 Å². The number of carbonyl (C=O) groups is 1. The van der Waals surface area contributed by atoms with Gasteiger partial charge in [-0.05, 0) is 12.9 Å². The van der Waals surface area contributed by atoms with E-state index in [1.807, 2.05) is 0 Å². The molecule has 1 heterocycles. The molecular formula is C7H10F5NO2. The van der Waals surface area contributed by atoms with Gasteiger partial charge in [-0.1, -0.05) is 0 Å². The number of rotatable bonds is 0. The van der Waals surface area contributed by atoms with Crippen molar-refractivity contribution in [3.05, 3.63) is 0 Å². The lowest BCUT2D eigenvalue weighted by molar-refractivity contribution is -0.192. The summed E-state index contributed by atoms with van der Waals surface area (Å²) in [5.74, 6) is -7.46. The minimum Gasteiger partial charge on any atom is -0.475 e. The number of piperidine rings is 1. The number of carboxylic acids is 1. The van der Waals surface area contributed by atoms with Crippen LogP contribution in [-0.2, 0) is 4.79 Å². The van der Waals surface area contributed by atoms with Gasteiger partial charge in [-0.25, -0.2) is 13.6 Å². The number of halogens is 5. The van der Waals surface area contributed by atoms with Crippen LogP contribution in [0.25, 0.3) is 0 Å². The number of alkyl halides is 5. The fourth-order valence-electron chi connectivity index (χ4n) is 0.282. The quantitative estimate of drug-likeness (QED) is 0.636. The molecule has 0 atom stereocenters.